The first-order valence-corrected chi connectivity index (χ1v) is 9.48. The van der Waals surface area contributed by atoms with E-state index in [9.17, 15) is 9.18 Å². The highest BCUT2D eigenvalue weighted by Crippen LogP contribution is 2.19. The number of amides is 1. The van der Waals surface area contributed by atoms with Crippen molar-refractivity contribution in [3.63, 3.8) is 0 Å². The number of hydrogen-bond donors (Lipinski definition) is 0. The second-order valence-corrected chi connectivity index (χ2v) is 7.06. The molecule has 3 aromatic rings. The predicted molar refractivity (Wildman–Crippen MR) is 106 cm³/mol. The van der Waals surface area contributed by atoms with Gasteiger partial charge in [-0.1, -0.05) is 42.5 Å². The van der Waals surface area contributed by atoms with Crippen LogP contribution in [0.3, 0.4) is 0 Å². The fourth-order valence-corrected chi connectivity index (χ4v) is 3.61. The largest absolute Gasteiger partial charge is 0.336 e. The van der Waals surface area contributed by atoms with E-state index in [1.54, 1.807) is 31.3 Å². The number of carbonyl (C=O) groups is 1. The summed E-state index contributed by atoms with van der Waals surface area (Å²) in [6.45, 7) is 5.72. The van der Waals surface area contributed by atoms with Gasteiger partial charge >= 0.3 is 0 Å². The van der Waals surface area contributed by atoms with E-state index in [-0.39, 0.29) is 11.7 Å². The summed E-state index contributed by atoms with van der Waals surface area (Å²) in [7, 11) is 0. The molecule has 0 spiro atoms. The lowest BCUT2D eigenvalue weighted by molar-refractivity contribution is 0.0627. The van der Waals surface area contributed by atoms with Gasteiger partial charge in [-0.15, -0.1) is 0 Å². The minimum atomic E-state index is -0.359. The number of piperazine rings is 1. The average Bonchev–Trinajstić information content (AvgIpc) is 3.10. The topological polar surface area (TPSA) is 41.4 Å². The van der Waals surface area contributed by atoms with Gasteiger partial charge in [0, 0.05) is 32.7 Å². The van der Waals surface area contributed by atoms with Crippen molar-refractivity contribution in [1.82, 2.24) is 19.6 Å². The Bertz CT molecular complexity index is 962. The van der Waals surface area contributed by atoms with Crippen molar-refractivity contribution in [2.24, 2.45) is 0 Å². The fourth-order valence-electron chi connectivity index (χ4n) is 3.61. The van der Waals surface area contributed by atoms with Gasteiger partial charge < -0.3 is 4.90 Å². The van der Waals surface area contributed by atoms with Gasteiger partial charge in [-0.3, -0.25) is 9.69 Å². The van der Waals surface area contributed by atoms with Crippen molar-refractivity contribution in [1.29, 1.82) is 0 Å². The van der Waals surface area contributed by atoms with Crippen molar-refractivity contribution in [3.05, 3.63) is 83.4 Å². The van der Waals surface area contributed by atoms with Crippen LogP contribution >= 0.6 is 0 Å². The maximum Gasteiger partial charge on any atom is 0.257 e. The maximum absolute atomic E-state index is 14.1. The molecule has 0 N–H and O–H groups in total. The Morgan fingerprint density at radius 2 is 1.68 bits per heavy atom. The van der Waals surface area contributed by atoms with Gasteiger partial charge in [-0.05, 0) is 24.6 Å². The SMILES string of the molecule is Cc1c(C(=O)N2CCN(Cc3ccccc3)CC2)cnn1-c1ccccc1F. The Hall–Kier alpha value is -2.99. The number of carbonyl (C=O) groups excluding carboxylic acids is 1. The molecule has 4 rings (SSSR count). The number of aromatic nitrogens is 2. The first kappa shape index (κ1) is 18.4. The molecular formula is C22H23FN4O. The van der Waals surface area contributed by atoms with Crippen LogP contribution in [0.25, 0.3) is 5.69 Å². The van der Waals surface area contributed by atoms with Crippen LogP contribution in [0.1, 0.15) is 21.6 Å². The van der Waals surface area contributed by atoms with Crippen LogP contribution in [0.5, 0.6) is 0 Å². The zero-order valence-electron chi connectivity index (χ0n) is 15.9. The van der Waals surface area contributed by atoms with Gasteiger partial charge in [0.25, 0.3) is 5.91 Å². The minimum Gasteiger partial charge on any atom is -0.336 e. The molecule has 0 atom stereocenters. The fraction of sp³-hybridized carbons (Fsp3) is 0.273. The van der Waals surface area contributed by atoms with Gasteiger partial charge in [-0.2, -0.15) is 5.10 Å². The average molecular weight is 378 g/mol. The number of benzene rings is 2. The van der Waals surface area contributed by atoms with Crippen molar-refractivity contribution in [3.8, 4) is 5.69 Å². The van der Waals surface area contributed by atoms with E-state index >= 15 is 0 Å². The minimum absolute atomic E-state index is 0.0422. The van der Waals surface area contributed by atoms with Crippen LogP contribution in [-0.4, -0.2) is 51.7 Å². The third kappa shape index (κ3) is 3.68. The third-order valence-electron chi connectivity index (χ3n) is 5.23. The van der Waals surface area contributed by atoms with Gasteiger partial charge in [0.15, 0.2) is 0 Å². The van der Waals surface area contributed by atoms with Crippen LogP contribution in [0, 0.1) is 12.7 Å². The molecule has 5 nitrogen and oxygen atoms in total. The Morgan fingerprint density at radius 1 is 1.00 bits per heavy atom. The summed E-state index contributed by atoms with van der Waals surface area (Å²) in [6, 6.07) is 16.8. The van der Waals surface area contributed by atoms with Gasteiger partial charge in [-0.25, -0.2) is 9.07 Å². The summed E-state index contributed by atoms with van der Waals surface area (Å²) in [5, 5.41) is 4.25. The molecule has 1 aliphatic heterocycles. The zero-order chi connectivity index (χ0) is 19.5. The van der Waals surface area contributed by atoms with Gasteiger partial charge in [0.1, 0.15) is 11.5 Å². The molecule has 28 heavy (non-hydrogen) atoms. The molecule has 1 aliphatic rings. The van der Waals surface area contributed by atoms with E-state index in [0.717, 1.165) is 19.6 Å². The predicted octanol–water partition coefficient (Wildman–Crippen LogP) is 3.28. The number of rotatable bonds is 4. The Balaban J connectivity index is 1.43. The molecule has 0 unspecified atom stereocenters. The van der Waals surface area contributed by atoms with Crippen LogP contribution in [0.2, 0.25) is 0 Å². The second kappa shape index (κ2) is 7.94. The van der Waals surface area contributed by atoms with Crippen molar-refractivity contribution >= 4 is 5.91 Å². The van der Waals surface area contributed by atoms with E-state index < -0.39 is 0 Å². The Kier molecular flexibility index (Phi) is 5.21. The van der Waals surface area contributed by atoms with Crippen molar-refractivity contribution in [2.45, 2.75) is 13.5 Å². The standard InChI is InChI=1S/C22H23FN4O/c1-17-19(15-24-27(17)21-10-6-5-9-20(21)23)22(28)26-13-11-25(12-14-26)16-18-7-3-2-4-8-18/h2-10,15H,11-14,16H2,1H3. The summed E-state index contributed by atoms with van der Waals surface area (Å²) in [5.74, 6) is -0.401. The molecule has 0 bridgehead atoms. The lowest BCUT2D eigenvalue weighted by atomic mass is 10.1. The van der Waals surface area contributed by atoms with E-state index in [4.69, 9.17) is 0 Å². The van der Waals surface area contributed by atoms with E-state index in [2.05, 4.69) is 22.1 Å². The summed E-state index contributed by atoms with van der Waals surface area (Å²) < 4.78 is 15.6. The molecule has 1 aromatic heterocycles. The number of para-hydroxylation sites is 1. The highest BCUT2D eigenvalue weighted by atomic mass is 19.1. The van der Waals surface area contributed by atoms with E-state index in [0.29, 0.717) is 30.0 Å². The molecule has 0 saturated carbocycles. The first-order valence-electron chi connectivity index (χ1n) is 9.48. The molecule has 2 heterocycles. The van der Waals surface area contributed by atoms with Gasteiger partial charge in [0.05, 0.1) is 17.5 Å². The molecule has 1 amide bonds. The molecule has 0 radical (unpaired) electrons. The van der Waals surface area contributed by atoms with Crippen molar-refractivity contribution < 1.29 is 9.18 Å². The number of nitrogens with zero attached hydrogens (tertiary/aromatic N) is 4. The summed E-state index contributed by atoms with van der Waals surface area (Å²) in [4.78, 5) is 17.2. The van der Waals surface area contributed by atoms with Crippen LogP contribution < -0.4 is 0 Å². The monoisotopic (exact) mass is 378 g/mol. The molecular weight excluding hydrogens is 355 g/mol. The summed E-state index contributed by atoms with van der Waals surface area (Å²) >= 11 is 0. The quantitative estimate of drug-likeness (QED) is 0.700. The smallest absolute Gasteiger partial charge is 0.257 e. The highest BCUT2D eigenvalue weighted by molar-refractivity contribution is 5.95. The highest BCUT2D eigenvalue weighted by Gasteiger charge is 2.25. The summed E-state index contributed by atoms with van der Waals surface area (Å²) in [5.41, 5.74) is 2.82. The normalized spacial score (nSPS) is 15.0. The molecule has 1 fully saturated rings. The molecule has 1 saturated heterocycles. The van der Waals surface area contributed by atoms with Crippen molar-refractivity contribution in [2.75, 3.05) is 26.2 Å². The third-order valence-corrected chi connectivity index (χ3v) is 5.23. The van der Waals surface area contributed by atoms with E-state index in [1.807, 2.05) is 23.1 Å². The first-order chi connectivity index (χ1) is 13.6. The van der Waals surface area contributed by atoms with Crippen LogP contribution in [0.15, 0.2) is 60.8 Å². The van der Waals surface area contributed by atoms with Crippen LogP contribution in [-0.2, 0) is 6.54 Å². The molecule has 2 aromatic carbocycles. The lowest BCUT2D eigenvalue weighted by Crippen LogP contribution is -2.48. The number of halogens is 1. The van der Waals surface area contributed by atoms with Gasteiger partial charge in [0.2, 0.25) is 0 Å². The Labute approximate surface area is 164 Å². The molecule has 144 valence electrons. The van der Waals surface area contributed by atoms with E-state index in [1.165, 1.54) is 16.3 Å². The second-order valence-electron chi connectivity index (χ2n) is 7.06. The molecule has 6 heteroatoms. The zero-order valence-corrected chi connectivity index (χ0v) is 15.9. The lowest BCUT2D eigenvalue weighted by Gasteiger charge is -2.34. The summed E-state index contributed by atoms with van der Waals surface area (Å²) in [6.07, 6.45) is 1.54. The molecule has 0 aliphatic carbocycles. The Morgan fingerprint density at radius 3 is 2.39 bits per heavy atom. The number of hydrogen-bond acceptors (Lipinski definition) is 3. The maximum atomic E-state index is 14.1. The van der Waals surface area contributed by atoms with Crippen LogP contribution in [0.4, 0.5) is 4.39 Å².